The minimum Gasteiger partial charge on any atom is -0.468 e. The van der Waals surface area contributed by atoms with Gasteiger partial charge in [-0.3, -0.25) is 38.4 Å². The molecule has 2 saturated heterocycles. The van der Waals surface area contributed by atoms with Crippen LogP contribution in [0.15, 0.2) is 58.3 Å². The van der Waals surface area contributed by atoms with Crippen LogP contribution in [0.4, 0.5) is 0 Å². The highest BCUT2D eigenvalue weighted by Crippen LogP contribution is 2.55. The molecule has 0 aromatic heterocycles. The molecule has 0 N–H and O–H groups in total. The molecule has 2 aliphatic carbocycles. The SMILES string of the molecule is COC(=O)[C@@]12C(=O)O[C@@H]([C@H](OC)[C@@H](OC(C)=O)[C@H]1OC(C)=O)[C@@H]2CS(=O)(=O)c1ccc(C)cc1.COC(=O)[C@@]12C(=O)O[C@@H]([C@H](OC)[C@@H](OC(C)=O)[C@H]1OC(C)=O)[C@@H]2CS(=O)(=O)c1ccc(C)cc1. The molecule has 2 aromatic rings. The van der Waals surface area contributed by atoms with Gasteiger partial charge in [-0.05, 0) is 38.1 Å². The summed E-state index contributed by atoms with van der Waals surface area (Å²) in [5, 5.41) is 0. The average molecular weight is 997 g/mol. The molecule has 0 amide bonds. The predicted molar refractivity (Wildman–Crippen MR) is 226 cm³/mol. The molecule has 6 rings (SSSR count). The van der Waals surface area contributed by atoms with E-state index >= 15 is 0 Å². The zero-order valence-corrected chi connectivity index (χ0v) is 40.2. The quantitative estimate of drug-likeness (QED) is 0.143. The monoisotopic (exact) mass is 996 g/mol. The summed E-state index contributed by atoms with van der Waals surface area (Å²) >= 11 is 0. The zero-order chi connectivity index (χ0) is 50.8. The van der Waals surface area contributed by atoms with Crippen molar-refractivity contribution in [1.29, 1.82) is 0 Å². The number of fused-ring (bicyclic) bond motifs is 4. The molecule has 0 radical (unpaired) electrons. The lowest BCUT2D eigenvalue weighted by atomic mass is 9.63. The van der Waals surface area contributed by atoms with Gasteiger partial charge in [0.15, 0.2) is 44.1 Å². The summed E-state index contributed by atoms with van der Waals surface area (Å²) in [6.07, 6.45) is -11.5. The van der Waals surface area contributed by atoms with Crippen molar-refractivity contribution >= 4 is 67.4 Å². The van der Waals surface area contributed by atoms with Crippen LogP contribution >= 0.6 is 0 Å². The summed E-state index contributed by atoms with van der Waals surface area (Å²) in [4.78, 5) is 100. The highest BCUT2D eigenvalue weighted by Gasteiger charge is 2.79. The number of hydrogen-bond acceptors (Lipinski definition) is 22. The fraction of sp³-hybridized carbons (Fsp3) is 0.545. The lowest BCUT2D eigenvalue weighted by Gasteiger charge is -2.46. The molecule has 68 heavy (non-hydrogen) atoms. The number of carbonyl (C=O) groups excluding carboxylic acids is 8. The maximum Gasteiger partial charge on any atom is 0.328 e. The van der Waals surface area contributed by atoms with Crippen LogP contribution in [0, 0.1) is 36.5 Å². The summed E-state index contributed by atoms with van der Waals surface area (Å²) < 4.78 is 106. The van der Waals surface area contributed by atoms with Crippen molar-refractivity contribution in [3.63, 3.8) is 0 Å². The number of esters is 8. The normalized spacial score (nSPS) is 30.3. The molecular weight excluding hydrogens is 945 g/mol. The molecule has 2 heterocycles. The number of ether oxygens (including phenoxy) is 10. The van der Waals surface area contributed by atoms with E-state index in [0.717, 1.165) is 53.0 Å². The Balaban J connectivity index is 0.000000254. The largest absolute Gasteiger partial charge is 0.468 e. The van der Waals surface area contributed by atoms with Gasteiger partial charge in [0.1, 0.15) is 24.4 Å². The van der Waals surface area contributed by atoms with Crippen molar-refractivity contribution in [2.45, 2.75) is 100 Å². The van der Waals surface area contributed by atoms with E-state index in [1.54, 1.807) is 38.1 Å². The van der Waals surface area contributed by atoms with Gasteiger partial charge in [-0.1, -0.05) is 35.4 Å². The maximum absolute atomic E-state index is 13.3. The molecule has 2 saturated carbocycles. The second kappa shape index (κ2) is 20.3. The fourth-order valence-corrected chi connectivity index (χ4v) is 12.8. The van der Waals surface area contributed by atoms with Crippen molar-refractivity contribution in [2.24, 2.45) is 22.7 Å². The van der Waals surface area contributed by atoms with Gasteiger partial charge in [-0.15, -0.1) is 0 Å². The Labute approximate surface area is 391 Å². The lowest BCUT2D eigenvalue weighted by molar-refractivity contribution is -0.217. The summed E-state index contributed by atoms with van der Waals surface area (Å²) in [5.41, 5.74) is -3.14. The van der Waals surface area contributed by atoms with E-state index in [2.05, 4.69) is 0 Å². The third-order valence-electron chi connectivity index (χ3n) is 12.3. The summed E-state index contributed by atoms with van der Waals surface area (Å²) in [5.74, 6) is -12.3. The molecule has 24 heteroatoms. The van der Waals surface area contributed by atoms with E-state index in [-0.39, 0.29) is 9.79 Å². The van der Waals surface area contributed by atoms with Gasteiger partial charge >= 0.3 is 47.8 Å². The van der Waals surface area contributed by atoms with Gasteiger partial charge in [-0.25, -0.2) is 16.8 Å². The summed E-state index contributed by atoms with van der Waals surface area (Å²) in [6, 6.07) is 12.0. The molecule has 2 aliphatic heterocycles. The van der Waals surface area contributed by atoms with E-state index in [4.69, 9.17) is 47.4 Å². The highest BCUT2D eigenvalue weighted by atomic mass is 32.2. The second-order valence-corrected chi connectivity index (χ2v) is 20.5. The second-order valence-electron chi connectivity index (χ2n) is 16.5. The van der Waals surface area contributed by atoms with Gasteiger partial charge in [0.2, 0.25) is 10.8 Å². The fourth-order valence-electron chi connectivity index (χ4n) is 9.41. The minimum absolute atomic E-state index is 0.0370. The van der Waals surface area contributed by atoms with Crippen LogP contribution in [-0.2, 0) is 105 Å². The topological polar surface area (TPSA) is 297 Å². The first-order valence-corrected chi connectivity index (χ1v) is 24.0. The number of carbonyl (C=O) groups is 8. The van der Waals surface area contributed by atoms with Gasteiger partial charge in [-0.2, -0.15) is 0 Å². The first kappa shape index (κ1) is 53.0. The molecule has 12 atom stereocenters. The minimum atomic E-state index is -4.07. The molecule has 0 unspecified atom stereocenters. The van der Waals surface area contributed by atoms with Gasteiger partial charge in [0.05, 0.1) is 35.5 Å². The van der Waals surface area contributed by atoms with Crippen molar-refractivity contribution < 1.29 is 103 Å². The Bertz CT molecular complexity index is 2360. The van der Waals surface area contributed by atoms with E-state index < -0.39 is 150 Å². The van der Waals surface area contributed by atoms with Gasteiger partial charge < -0.3 is 47.4 Å². The van der Waals surface area contributed by atoms with Crippen LogP contribution < -0.4 is 0 Å². The van der Waals surface area contributed by atoms with Crippen LogP contribution in [0.25, 0.3) is 0 Å². The molecule has 0 spiro atoms. The molecule has 4 bridgehead atoms. The Hall–Kier alpha value is -5.98. The molecule has 4 fully saturated rings. The molecule has 372 valence electrons. The number of hydrogen-bond donors (Lipinski definition) is 0. The molecule has 22 nitrogen and oxygen atoms in total. The van der Waals surface area contributed by atoms with E-state index in [1.807, 2.05) is 0 Å². The van der Waals surface area contributed by atoms with Crippen LogP contribution in [0.2, 0.25) is 0 Å². The Morgan fingerprint density at radius 1 is 0.500 bits per heavy atom. The number of benzene rings is 2. The van der Waals surface area contributed by atoms with Crippen LogP contribution in [0.1, 0.15) is 38.8 Å². The van der Waals surface area contributed by atoms with Crippen LogP contribution in [0.3, 0.4) is 0 Å². The number of sulfone groups is 2. The zero-order valence-electron chi connectivity index (χ0n) is 38.6. The van der Waals surface area contributed by atoms with Gasteiger partial charge in [0, 0.05) is 53.8 Å². The van der Waals surface area contributed by atoms with E-state index in [9.17, 15) is 55.2 Å². The van der Waals surface area contributed by atoms with E-state index in [0.29, 0.717) is 0 Å². The number of methoxy groups -OCH3 is 4. The lowest BCUT2D eigenvalue weighted by Crippen LogP contribution is -2.67. The van der Waals surface area contributed by atoms with Crippen molar-refractivity contribution in [3.8, 4) is 0 Å². The van der Waals surface area contributed by atoms with Gasteiger partial charge in [0.25, 0.3) is 0 Å². The Kier molecular flexibility index (Phi) is 15.8. The van der Waals surface area contributed by atoms with Crippen LogP contribution in [0.5, 0.6) is 0 Å². The standard InChI is InChI=1S/2C22H26O11S/c2*1-11-6-8-14(9-7-11)34(27,28)10-15-16-17(29-4)18(31-12(2)23)19(32-13(3)24)22(15,20(25)30-5)21(26)33-16/h2*6-9,15-19H,10H2,1-5H3/t2*15-,16+,17-,18+,19+,22-/m00/s1. The first-order valence-electron chi connectivity index (χ1n) is 20.7. The Morgan fingerprint density at radius 3 is 1.04 bits per heavy atom. The van der Waals surface area contributed by atoms with Crippen molar-refractivity contribution in [3.05, 3.63) is 59.7 Å². The maximum atomic E-state index is 13.3. The third-order valence-corrected chi connectivity index (χ3v) is 15.8. The molecule has 2 aromatic carbocycles. The summed E-state index contributed by atoms with van der Waals surface area (Å²) in [7, 11) is -3.69. The smallest absolute Gasteiger partial charge is 0.328 e. The number of aryl methyl sites for hydroxylation is 2. The van der Waals surface area contributed by atoms with Crippen LogP contribution in [-0.4, -0.2) is 153 Å². The summed E-state index contributed by atoms with van der Waals surface area (Å²) in [6.45, 7) is 7.81. The average Bonchev–Trinajstić information content (AvgIpc) is 3.62. The van der Waals surface area contributed by atoms with Crippen molar-refractivity contribution in [1.82, 2.24) is 0 Å². The first-order chi connectivity index (χ1) is 31.8. The number of rotatable bonds is 14. The highest BCUT2D eigenvalue weighted by molar-refractivity contribution is 7.91. The predicted octanol–water partition coefficient (Wildman–Crippen LogP) is 0.723. The molecule has 4 aliphatic rings. The molecular formula is C44H52O22S2. The Morgan fingerprint density at radius 2 is 0.794 bits per heavy atom. The van der Waals surface area contributed by atoms with Crippen molar-refractivity contribution in [2.75, 3.05) is 39.9 Å². The van der Waals surface area contributed by atoms with E-state index in [1.165, 1.54) is 38.5 Å². The third kappa shape index (κ3) is 9.54.